The SMILES string of the molecule is O=C1[C@H](O)C[C@](O)(C(=O)O)CC12COP(=O)(OCc1ccccc1)OC2. The summed E-state index contributed by atoms with van der Waals surface area (Å²) in [6.07, 6.45) is -2.81. The highest BCUT2D eigenvalue weighted by Crippen LogP contribution is 2.57. The zero-order valence-corrected chi connectivity index (χ0v) is 14.6. The number of benzene rings is 1. The number of aliphatic hydroxyl groups is 2. The van der Waals surface area contributed by atoms with Crippen molar-refractivity contribution in [2.45, 2.75) is 31.2 Å². The first-order chi connectivity index (χ1) is 12.2. The summed E-state index contributed by atoms with van der Waals surface area (Å²) in [5, 5.41) is 29.3. The molecule has 10 heteroatoms. The van der Waals surface area contributed by atoms with Crippen LogP contribution in [0.5, 0.6) is 0 Å². The number of hydrogen-bond acceptors (Lipinski definition) is 8. The Hall–Kier alpha value is -1.61. The molecule has 142 valence electrons. The van der Waals surface area contributed by atoms with Gasteiger partial charge in [0.1, 0.15) is 6.10 Å². The molecule has 9 nitrogen and oxygen atoms in total. The summed E-state index contributed by atoms with van der Waals surface area (Å²) in [6.45, 7) is -1.00. The maximum atomic E-state index is 12.5. The van der Waals surface area contributed by atoms with Crippen molar-refractivity contribution in [3.8, 4) is 0 Å². The van der Waals surface area contributed by atoms with E-state index in [4.69, 9.17) is 13.6 Å². The largest absolute Gasteiger partial charge is 0.479 e. The number of aliphatic carboxylic acids is 1. The number of carboxylic acids is 1. The van der Waals surface area contributed by atoms with Gasteiger partial charge in [0.25, 0.3) is 0 Å². The fourth-order valence-corrected chi connectivity index (χ4v) is 4.52. The van der Waals surface area contributed by atoms with Gasteiger partial charge >= 0.3 is 13.8 Å². The second-order valence-corrected chi connectivity index (χ2v) is 8.30. The molecule has 3 N–H and O–H groups in total. The molecule has 1 saturated carbocycles. The normalized spacial score (nSPS) is 37.6. The minimum atomic E-state index is -3.95. The third-order valence-corrected chi connectivity index (χ3v) is 5.95. The average Bonchev–Trinajstić information content (AvgIpc) is 2.62. The molecule has 0 bridgehead atoms. The standard InChI is InChI=1S/C16H19O9P/c17-12-6-16(21,14(19)20)8-15(13(12)18)9-24-26(22,25-10-15)23-7-11-4-2-1-3-5-11/h1-5,12,17,21H,6-10H2,(H,19,20)/t12-,15?,16-,26?/m1/s1. The molecule has 2 fully saturated rings. The van der Waals surface area contributed by atoms with Crippen LogP contribution in [0.2, 0.25) is 0 Å². The predicted molar refractivity (Wildman–Crippen MR) is 86.0 cm³/mol. The van der Waals surface area contributed by atoms with Crippen LogP contribution >= 0.6 is 7.82 Å². The van der Waals surface area contributed by atoms with Gasteiger partial charge in [-0.2, -0.15) is 0 Å². The van der Waals surface area contributed by atoms with Crippen molar-refractivity contribution in [1.29, 1.82) is 0 Å². The van der Waals surface area contributed by atoms with E-state index >= 15 is 0 Å². The van der Waals surface area contributed by atoms with Crippen LogP contribution < -0.4 is 0 Å². The third kappa shape index (κ3) is 3.59. The number of carboxylic acid groups (broad SMARTS) is 1. The second-order valence-electron chi connectivity index (χ2n) is 6.63. The lowest BCUT2D eigenvalue weighted by molar-refractivity contribution is -0.185. The number of rotatable bonds is 4. The van der Waals surface area contributed by atoms with E-state index in [-0.39, 0.29) is 6.61 Å². The first-order valence-electron chi connectivity index (χ1n) is 7.94. The van der Waals surface area contributed by atoms with Crippen molar-refractivity contribution in [3.05, 3.63) is 35.9 Å². The lowest BCUT2D eigenvalue weighted by atomic mass is 9.66. The molecule has 0 amide bonds. The summed E-state index contributed by atoms with van der Waals surface area (Å²) in [6, 6.07) is 8.88. The molecule has 1 heterocycles. The van der Waals surface area contributed by atoms with E-state index in [9.17, 15) is 29.5 Å². The van der Waals surface area contributed by atoms with Crippen LogP contribution in [-0.2, 0) is 34.3 Å². The molecule has 1 aliphatic carbocycles. The van der Waals surface area contributed by atoms with Crippen LogP contribution in [0.1, 0.15) is 18.4 Å². The van der Waals surface area contributed by atoms with Crippen LogP contribution in [0.3, 0.4) is 0 Å². The minimum Gasteiger partial charge on any atom is -0.479 e. The van der Waals surface area contributed by atoms with Crippen LogP contribution in [0, 0.1) is 5.41 Å². The van der Waals surface area contributed by atoms with Crippen molar-refractivity contribution in [3.63, 3.8) is 0 Å². The Morgan fingerprint density at radius 3 is 2.46 bits per heavy atom. The molecular weight excluding hydrogens is 367 g/mol. The number of Topliss-reactive ketones (excluding diaryl/α,β-unsaturated/α-hetero) is 1. The number of carbonyl (C=O) groups excluding carboxylic acids is 1. The quantitative estimate of drug-likeness (QED) is 0.643. The average molecular weight is 386 g/mol. The van der Waals surface area contributed by atoms with Crippen molar-refractivity contribution in [2.75, 3.05) is 13.2 Å². The Balaban J connectivity index is 1.70. The molecule has 26 heavy (non-hydrogen) atoms. The number of hydrogen-bond donors (Lipinski definition) is 3. The Labute approximate surface area is 149 Å². The van der Waals surface area contributed by atoms with E-state index in [2.05, 4.69) is 0 Å². The van der Waals surface area contributed by atoms with Gasteiger partial charge in [-0.1, -0.05) is 30.3 Å². The maximum Gasteiger partial charge on any atom is 0.475 e. The van der Waals surface area contributed by atoms with Crippen LogP contribution in [0.25, 0.3) is 0 Å². The van der Waals surface area contributed by atoms with Gasteiger partial charge in [0.2, 0.25) is 0 Å². The van der Waals surface area contributed by atoms with Crippen molar-refractivity contribution >= 4 is 19.6 Å². The predicted octanol–water partition coefficient (Wildman–Crippen LogP) is 0.884. The van der Waals surface area contributed by atoms with Crippen LogP contribution in [0.4, 0.5) is 0 Å². The van der Waals surface area contributed by atoms with Gasteiger partial charge in [-0.05, 0) is 5.56 Å². The topological polar surface area (TPSA) is 140 Å². The van der Waals surface area contributed by atoms with Crippen molar-refractivity contribution in [1.82, 2.24) is 0 Å². The summed E-state index contributed by atoms with van der Waals surface area (Å²) in [4.78, 5) is 23.7. The first-order valence-corrected chi connectivity index (χ1v) is 9.40. The zero-order valence-electron chi connectivity index (χ0n) is 13.7. The lowest BCUT2D eigenvalue weighted by Crippen LogP contribution is -2.60. The minimum absolute atomic E-state index is 0.0409. The van der Waals surface area contributed by atoms with Gasteiger partial charge in [-0.3, -0.25) is 18.4 Å². The smallest absolute Gasteiger partial charge is 0.475 e. The van der Waals surface area contributed by atoms with Gasteiger partial charge in [-0.25, -0.2) is 9.36 Å². The number of aliphatic hydroxyl groups excluding tert-OH is 1. The molecule has 1 saturated heterocycles. The maximum absolute atomic E-state index is 12.5. The molecule has 0 aromatic heterocycles. The highest BCUT2D eigenvalue weighted by atomic mass is 31.2. The molecule has 3 rings (SSSR count). The van der Waals surface area contributed by atoms with Gasteiger partial charge in [0.05, 0.1) is 25.2 Å². The highest BCUT2D eigenvalue weighted by Gasteiger charge is 2.60. The summed E-state index contributed by atoms with van der Waals surface area (Å²) in [5.74, 6) is -2.27. The molecule has 1 aliphatic heterocycles. The molecule has 2 aliphatic rings. The van der Waals surface area contributed by atoms with Gasteiger partial charge in [0.15, 0.2) is 11.4 Å². The fraction of sp³-hybridized carbons (Fsp3) is 0.500. The lowest BCUT2D eigenvalue weighted by Gasteiger charge is -2.45. The molecule has 1 aromatic rings. The highest BCUT2D eigenvalue weighted by molar-refractivity contribution is 7.48. The molecular formula is C16H19O9P. The Kier molecular flexibility index (Phi) is 5.04. The monoisotopic (exact) mass is 386 g/mol. The van der Waals surface area contributed by atoms with Crippen LogP contribution in [0.15, 0.2) is 30.3 Å². The second kappa shape index (κ2) is 6.84. The van der Waals surface area contributed by atoms with Gasteiger partial charge < -0.3 is 15.3 Å². The van der Waals surface area contributed by atoms with E-state index in [1.54, 1.807) is 24.3 Å². The number of phosphoric ester groups is 1. The zero-order chi connectivity index (χ0) is 19.0. The Morgan fingerprint density at radius 1 is 1.27 bits per heavy atom. The molecule has 0 radical (unpaired) electrons. The summed E-state index contributed by atoms with van der Waals surface area (Å²) >= 11 is 0. The van der Waals surface area contributed by atoms with Gasteiger partial charge in [-0.15, -0.1) is 0 Å². The van der Waals surface area contributed by atoms with E-state index in [0.717, 1.165) is 5.56 Å². The summed E-state index contributed by atoms with van der Waals surface area (Å²) in [5.41, 5.74) is -3.17. The number of carbonyl (C=O) groups is 2. The summed E-state index contributed by atoms with van der Waals surface area (Å²) in [7, 11) is -3.95. The Bertz CT molecular complexity index is 737. The first kappa shape index (κ1) is 19.2. The third-order valence-electron chi connectivity index (χ3n) is 4.62. The molecule has 0 unspecified atom stereocenters. The van der Waals surface area contributed by atoms with Crippen molar-refractivity contribution < 1.29 is 43.0 Å². The fourth-order valence-electron chi connectivity index (χ4n) is 3.18. The molecule has 1 aromatic carbocycles. The molecule has 1 spiro atoms. The summed E-state index contributed by atoms with van der Waals surface area (Å²) < 4.78 is 28.0. The van der Waals surface area contributed by atoms with Gasteiger partial charge in [0, 0.05) is 12.8 Å². The van der Waals surface area contributed by atoms with E-state index in [1.165, 1.54) is 0 Å². The van der Waals surface area contributed by atoms with E-state index < -0.39 is 62.8 Å². The van der Waals surface area contributed by atoms with E-state index in [0.29, 0.717) is 0 Å². The molecule has 2 atom stereocenters. The van der Waals surface area contributed by atoms with E-state index in [1.807, 2.05) is 6.07 Å². The van der Waals surface area contributed by atoms with Crippen LogP contribution in [-0.4, -0.2) is 52.0 Å². The Morgan fingerprint density at radius 2 is 1.88 bits per heavy atom. The van der Waals surface area contributed by atoms with Crippen molar-refractivity contribution in [2.24, 2.45) is 5.41 Å². The number of ketones is 1. The number of phosphoric acid groups is 1.